The van der Waals surface area contributed by atoms with Crippen molar-refractivity contribution in [2.75, 3.05) is 46.5 Å². The number of nitrogens with zero attached hydrogens (tertiary/aromatic N) is 2. The molecule has 1 aliphatic heterocycles. The van der Waals surface area contributed by atoms with Crippen molar-refractivity contribution in [2.45, 2.75) is 50.6 Å². The molecule has 0 amide bonds. The van der Waals surface area contributed by atoms with Gasteiger partial charge in [-0.25, -0.2) is 8.78 Å². The third-order valence-corrected chi connectivity index (χ3v) is 6.01. The number of hydrogen-bond donors (Lipinski definition) is 2. The Hall–Kier alpha value is -1.20. The molecule has 1 saturated carbocycles. The summed E-state index contributed by atoms with van der Waals surface area (Å²) < 4.78 is 35.4. The second-order valence-electron chi connectivity index (χ2n) is 8.01. The van der Waals surface area contributed by atoms with Crippen LogP contribution in [0.1, 0.15) is 37.7 Å². The van der Waals surface area contributed by atoms with Crippen LogP contribution in [0.15, 0.2) is 29.3 Å². The Morgan fingerprint density at radius 1 is 1.19 bits per heavy atom. The summed E-state index contributed by atoms with van der Waals surface area (Å²) in [4.78, 5) is 6.96. The standard InChI is InChI=1S/C22H34F2N4O2.HI/c1-25-21(26-15-18-6-5-7-19(14-18)30-16-20(23)24)27-17-22(8-3-2-4-9-22)28-10-12-29-13-11-28;/h5-7,14,20H,2-4,8-13,15-17H2,1H3,(H2,25,26,27);1H. The number of benzene rings is 1. The van der Waals surface area contributed by atoms with Gasteiger partial charge in [0.25, 0.3) is 6.43 Å². The van der Waals surface area contributed by atoms with E-state index in [0.29, 0.717) is 12.3 Å². The number of alkyl halides is 2. The van der Waals surface area contributed by atoms with Gasteiger partial charge in [0.1, 0.15) is 12.4 Å². The molecule has 0 aromatic heterocycles. The molecule has 0 bridgehead atoms. The SMILES string of the molecule is CN=C(NCc1cccc(OCC(F)F)c1)NCC1(N2CCOCC2)CCCCC1.I. The maximum absolute atomic E-state index is 12.4. The summed E-state index contributed by atoms with van der Waals surface area (Å²) in [6, 6.07) is 7.21. The van der Waals surface area contributed by atoms with E-state index in [1.807, 2.05) is 12.1 Å². The van der Waals surface area contributed by atoms with E-state index < -0.39 is 13.0 Å². The fourth-order valence-electron chi connectivity index (χ4n) is 4.41. The fourth-order valence-corrected chi connectivity index (χ4v) is 4.41. The highest BCUT2D eigenvalue weighted by molar-refractivity contribution is 14.0. The zero-order valence-corrected chi connectivity index (χ0v) is 20.6. The molecule has 3 rings (SSSR count). The minimum absolute atomic E-state index is 0. The Labute approximate surface area is 201 Å². The Balaban J connectivity index is 0.00000341. The third kappa shape index (κ3) is 8.02. The molecule has 2 N–H and O–H groups in total. The molecule has 0 spiro atoms. The molecule has 1 aromatic carbocycles. The van der Waals surface area contributed by atoms with Crippen LogP contribution in [-0.4, -0.2) is 69.3 Å². The smallest absolute Gasteiger partial charge is 0.272 e. The number of halogens is 3. The summed E-state index contributed by atoms with van der Waals surface area (Å²) in [5.74, 6) is 1.19. The molecule has 1 aromatic rings. The van der Waals surface area contributed by atoms with Gasteiger partial charge in [0.15, 0.2) is 5.96 Å². The molecule has 1 aliphatic carbocycles. The summed E-state index contributed by atoms with van der Waals surface area (Å²) >= 11 is 0. The van der Waals surface area contributed by atoms with E-state index >= 15 is 0 Å². The Bertz CT molecular complexity index is 681. The van der Waals surface area contributed by atoms with Gasteiger partial charge >= 0.3 is 0 Å². The van der Waals surface area contributed by atoms with Crippen molar-refractivity contribution in [1.29, 1.82) is 0 Å². The average Bonchev–Trinajstić information content (AvgIpc) is 2.79. The molecule has 0 radical (unpaired) electrons. The van der Waals surface area contributed by atoms with Crippen LogP contribution in [0.2, 0.25) is 0 Å². The van der Waals surface area contributed by atoms with Crippen molar-refractivity contribution in [1.82, 2.24) is 15.5 Å². The monoisotopic (exact) mass is 552 g/mol. The summed E-state index contributed by atoms with van der Waals surface area (Å²) in [6.45, 7) is 4.37. The van der Waals surface area contributed by atoms with Crippen LogP contribution < -0.4 is 15.4 Å². The van der Waals surface area contributed by atoms with Gasteiger partial charge in [0, 0.05) is 38.8 Å². The second-order valence-corrected chi connectivity index (χ2v) is 8.01. The largest absolute Gasteiger partial charge is 0.488 e. The zero-order chi connectivity index (χ0) is 21.2. The van der Waals surface area contributed by atoms with Gasteiger partial charge in [0.05, 0.1) is 13.2 Å². The van der Waals surface area contributed by atoms with E-state index in [9.17, 15) is 8.78 Å². The van der Waals surface area contributed by atoms with E-state index in [1.165, 1.54) is 32.1 Å². The van der Waals surface area contributed by atoms with E-state index in [0.717, 1.165) is 44.4 Å². The first-order valence-corrected chi connectivity index (χ1v) is 10.9. The molecule has 1 saturated heterocycles. The van der Waals surface area contributed by atoms with E-state index in [1.54, 1.807) is 19.2 Å². The van der Waals surface area contributed by atoms with E-state index in [2.05, 4.69) is 20.5 Å². The van der Waals surface area contributed by atoms with Crippen LogP contribution in [0.4, 0.5) is 8.78 Å². The molecule has 2 fully saturated rings. The number of nitrogens with one attached hydrogen (secondary N) is 2. The highest BCUT2D eigenvalue weighted by Crippen LogP contribution is 2.33. The molecule has 2 aliphatic rings. The third-order valence-electron chi connectivity index (χ3n) is 6.01. The first-order valence-electron chi connectivity index (χ1n) is 10.9. The summed E-state index contributed by atoms with van der Waals surface area (Å²) in [5.41, 5.74) is 1.10. The topological polar surface area (TPSA) is 58.1 Å². The molecule has 0 atom stereocenters. The predicted octanol–water partition coefficient (Wildman–Crippen LogP) is 3.65. The van der Waals surface area contributed by atoms with Crippen LogP contribution in [0.25, 0.3) is 0 Å². The Morgan fingerprint density at radius 3 is 2.61 bits per heavy atom. The molecule has 6 nitrogen and oxygen atoms in total. The first kappa shape index (κ1) is 26.1. The van der Waals surface area contributed by atoms with Crippen LogP contribution in [-0.2, 0) is 11.3 Å². The van der Waals surface area contributed by atoms with E-state index in [-0.39, 0.29) is 29.5 Å². The zero-order valence-electron chi connectivity index (χ0n) is 18.2. The lowest BCUT2D eigenvalue weighted by atomic mass is 9.80. The number of ether oxygens (including phenoxy) is 2. The van der Waals surface area contributed by atoms with Gasteiger partial charge < -0.3 is 20.1 Å². The van der Waals surface area contributed by atoms with Gasteiger partial charge in [0.2, 0.25) is 0 Å². The van der Waals surface area contributed by atoms with Gasteiger partial charge in [-0.1, -0.05) is 31.4 Å². The van der Waals surface area contributed by atoms with Crippen molar-refractivity contribution in [3.05, 3.63) is 29.8 Å². The lowest BCUT2D eigenvalue weighted by Gasteiger charge is -2.48. The Morgan fingerprint density at radius 2 is 1.94 bits per heavy atom. The normalized spacial score (nSPS) is 19.5. The number of hydrogen-bond acceptors (Lipinski definition) is 4. The van der Waals surface area contributed by atoms with Gasteiger partial charge in [-0.2, -0.15) is 0 Å². The lowest BCUT2D eigenvalue weighted by Crippen LogP contribution is -2.60. The predicted molar refractivity (Wildman–Crippen MR) is 130 cm³/mol. The maximum Gasteiger partial charge on any atom is 0.272 e. The molecular weight excluding hydrogens is 517 g/mol. The minimum Gasteiger partial charge on any atom is -0.488 e. The fraction of sp³-hybridized carbons (Fsp3) is 0.682. The van der Waals surface area contributed by atoms with Crippen molar-refractivity contribution in [2.24, 2.45) is 4.99 Å². The lowest BCUT2D eigenvalue weighted by molar-refractivity contribution is -0.0352. The Kier molecular flexibility index (Phi) is 11.2. The minimum atomic E-state index is -2.48. The van der Waals surface area contributed by atoms with Crippen LogP contribution in [0, 0.1) is 0 Å². The number of rotatable bonds is 8. The van der Waals surface area contributed by atoms with Crippen molar-refractivity contribution in [3.8, 4) is 5.75 Å². The van der Waals surface area contributed by atoms with Crippen molar-refractivity contribution >= 4 is 29.9 Å². The van der Waals surface area contributed by atoms with Crippen molar-refractivity contribution in [3.63, 3.8) is 0 Å². The molecule has 1 heterocycles. The first-order chi connectivity index (χ1) is 14.6. The summed E-state index contributed by atoms with van der Waals surface area (Å²) in [6.07, 6.45) is 3.74. The maximum atomic E-state index is 12.4. The second kappa shape index (κ2) is 13.4. The molecule has 9 heteroatoms. The number of aliphatic imine (C=N–C) groups is 1. The molecular formula is C22H35F2IN4O2. The summed E-state index contributed by atoms with van der Waals surface area (Å²) in [5, 5.41) is 6.86. The van der Waals surface area contributed by atoms with Gasteiger partial charge in [-0.3, -0.25) is 9.89 Å². The van der Waals surface area contributed by atoms with Crippen molar-refractivity contribution < 1.29 is 18.3 Å². The van der Waals surface area contributed by atoms with Gasteiger partial charge in [-0.15, -0.1) is 24.0 Å². The van der Waals surface area contributed by atoms with Crippen LogP contribution in [0.5, 0.6) is 5.75 Å². The highest BCUT2D eigenvalue weighted by Gasteiger charge is 2.38. The van der Waals surface area contributed by atoms with E-state index in [4.69, 9.17) is 9.47 Å². The summed E-state index contributed by atoms with van der Waals surface area (Å²) in [7, 11) is 1.76. The highest BCUT2D eigenvalue weighted by atomic mass is 127. The van der Waals surface area contributed by atoms with Crippen LogP contribution in [0.3, 0.4) is 0 Å². The molecule has 176 valence electrons. The quantitative estimate of drug-likeness (QED) is 0.293. The molecule has 31 heavy (non-hydrogen) atoms. The number of morpholine rings is 1. The average molecular weight is 552 g/mol. The van der Waals surface area contributed by atoms with Gasteiger partial charge in [-0.05, 0) is 30.5 Å². The van der Waals surface area contributed by atoms with Crippen LogP contribution >= 0.6 is 24.0 Å². The molecule has 0 unspecified atom stereocenters. The number of guanidine groups is 1.